The topological polar surface area (TPSA) is 68.4 Å². The molecule has 192 valence electrons. The molecule has 0 saturated heterocycles. The molecule has 3 atom stereocenters. The maximum atomic E-state index is 7.04. The molecule has 0 heterocycles. The van der Waals surface area contributed by atoms with Crippen molar-refractivity contribution in [2.75, 3.05) is 13.2 Å². The lowest BCUT2D eigenvalue weighted by molar-refractivity contribution is -0.402. The lowest BCUT2D eigenvalue weighted by Gasteiger charge is -2.61. The standard InChI is InChI=1S/C27H52O4.H2O/c1-7-10-11-15-22-28-26(9-3)25(6,31-24-17-13-12-14-18-24)19-16-20-27(26,29-21-8-2)30-23(4)5;/h23-24H,7-22H2,1-6H3;1H2. The molecular weight excluding hydrogens is 404 g/mol. The average Bonchev–Trinajstić information content (AvgIpc) is 2.74. The molecule has 2 N–H and O–H groups in total. The van der Waals surface area contributed by atoms with Crippen LogP contribution >= 0.6 is 0 Å². The van der Waals surface area contributed by atoms with E-state index in [2.05, 4.69) is 41.5 Å². The molecule has 0 spiro atoms. The third kappa shape index (κ3) is 6.91. The zero-order chi connectivity index (χ0) is 22.8. The lowest BCUT2D eigenvalue weighted by Crippen LogP contribution is -2.73. The molecule has 0 bridgehead atoms. The third-order valence-corrected chi connectivity index (χ3v) is 7.42. The van der Waals surface area contributed by atoms with Crippen LogP contribution in [0, 0.1) is 0 Å². The van der Waals surface area contributed by atoms with Crippen molar-refractivity contribution in [3.05, 3.63) is 0 Å². The van der Waals surface area contributed by atoms with Crippen LogP contribution in [0.2, 0.25) is 0 Å². The van der Waals surface area contributed by atoms with Crippen molar-refractivity contribution in [3.8, 4) is 0 Å². The molecule has 0 aromatic rings. The maximum Gasteiger partial charge on any atom is 0.200 e. The number of ether oxygens (including phenoxy) is 4. The quantitative estimate of drug-likeness (QED) is 0.213. The van der Waals surface area contributed by atoms with Crippen LogP contribution in [-0.2, 0) is 18.9 Å². The molecule has 3 unspecified atom stereocenters. The Balaban J connectivity index is 0.00000512. The average molecular weight is 459 g/mol. The van der Waals surface area contributed by atoms with Crippen LogP contribution in [0.25, 0.3) is 0 Å². The van der Waals surface area contributed by atoms with Gasteiger partial charge in [-0.1, -0.05) is 59.3 Å². The van der Waals surface area contributed by atoms with Gasteiger partial charge < -0.3 is 24.4 Å². The van der Waals surface area contributed by atoms with Crippen molar-refractivity contribution < 1.29 is 24.4 Å². The van der Waals surface area contributed by atoms with E-state index in [1.54, 1.807) is 0 Å². The van der Waals surface area contributed by atoms with Gasteiger partial charge in [-0.25, -0.2) is 0 Å². The van der Waals surface area contributed by atoms with Crippen LogP contribution in [0.3, 0.4) is 0 Å². The molecule has 32 heavy (non-hydrogen) atoms. The number of hydrogen-bond donors (Lipinski definition) is 0. The Morgan fingerprint density at radius 3 is 2.12 bits per heavy atom. The fraction of sp³-hybridized carbons (Fsp3) is 1.00. The summed E-state index contributed by atoms with van der Waals surface area (Å²) >= 11 is 0. The van der Waals surface area contributed by atoms with Crippen molar-refractivity contribution in [2.24, 2.45) is 0 Å². The molecule has 2 rings (SSSR count). The Kier molecular flexibility index (Phi) is 13.3. The van der Waals surface area contributed by atoms with Crippen molar-refractivity contribution in [3.63, 3.8) is 0 Å². The van der Waals surface area contributed by atoms with E-state index >= 15 is 0 Å². The third-order valence-electron chi connectivity index (χ3n) is 7.42. The van der Waals surface area contributed by atoms with Crippen LogP contribution in [0.1, 0.15) is 131 Å². The van der Waals surface area contributed by atoms with Gasteiger partial charge in [-0.15, -0.1) is 0 Å². The summed E-state index contributed by atoms with van der Waals surface area (Å²) in [5, 5.41) is 0. The summed E-state index contributed by atoms with van der Waals surface area (Å²) in [7, 11) is 0. The molecule has 2 fully saturated rings. The van der Waals surface area contributed by atoms with E-state index < -0.39 is 17.0 Å². The van der Waals surface area contributed by atoms with E-state index in [0.29, 0.717) is 12.7 Å². The zero-order valence-electron chi connectivity index (χ0n) is 22.1. The minimum absolute atomic E-state index is 0. The fourth-order valence-electron chi connectivity index (χ4n) is 5.98. The predicted octanol–water partition coefficient (Wildman–Crippen LogP) is 6.75. The van der Waals surface area contributed by atoms with Gasteiger partial charge >= 0.3 is 0 Å². The summed E-state index contributed by atoms with van der Waals surface area (Å²) in [5.41, 5.74) is -1.00. The molecule has 0 aromatic heterocycles. The Bertz CT molecular complexity index is 492. The Labute approximate surface area is 198 Å². The van der Waals surface area contributed by atoms with E-state index in [1.165, 1.54) is 51.4 Å². The number of hydrogen-bond acceptors (Lipinski definition) is 4. The van der Waals surface area contributed by atoms with Gasteiger partial charge in [-0.05, 0) is 65.7 Å². The first-order valence-electron chi connectivity index (χ1n) is 13.5. The molecule has 2 saturated carbocycles. The Morgan fingerprint density at radius 1 is 0.812 bits per heavy atom. The smallest absolute Gasteiger partial charge is 0.200 e. The van der Waals surface area contributed by atoms with Crippen LogP contribution in [-0.4, -0.2) is 47.9 Å². The molecule has 0 radical (unpaired) electrons. The van der Waals surface area contributed by atoms with Gasteiger partial charge in [0.25, 0.3) is 0 Å². The second-order valence-electron chi connectivity index (χ2n) is 10.3. The first-order chi connectivity index (χ1) is 14.9. The maximum absolute atomic E-state index is 7.04. The summed E-state index contributed by atoms with van der Waals surface area (Å²) in [6.07, 6.45) is 16.1. The lowest BCUT2D eigenvalue weighted by atomic mass is 9.66. The van der Waals surface area contributed by atoms with E-state index in [9.17, 15) is 0 Å². The van der Waals surface area contributed by atoms with Gasteiger partial charge in [0.05, 0.1) is 17.8 Å². The van der Waals surface area contributed by atoms with Crippen molar-refractivity contribution in [1.29, 1.82) is 0 Å². The van der Waals surface area contributed by atoms with Crippen LogP contribution in [0.15, 0.2) is 0 Å². The Hall–Kier alpha value is -0.200. The van der Waals surface area contributed by atoms with E-state index in [4.69, 9.17) is 18.9 Å². The summed E-state index contributed by atoms with van der Waals surface area (Å²) in [6.45, 7) is 14.6. The SMILES string of the molecule is CCCCCCOC1(CC)C(C)(OC2CCCCC2)CCCC1(OCCC)OC(C)C.O. The molecule has 2 aliphatic carbocycles. The normalized spacial score (nSPS) is 31.6. The highest BCUT2D eigenvalue weighted by Gasteiger charge is 2.67. The van der Waals surface area contributed by atoms with Crippen molar-refractivity contribution >= 4 is 0 Å². The van der Waals surface area contributed by atoms with Gasteiger partial charge in [-0.2, -0.15) is 0 Å². The van der Waals surface area contributed by atoms with Gasteiger partial charge in [-0.3, -0.25) is 0 Å². The van der Waals surface area contributed by atoms with Crippen molar-refractivity contribution in [2.45, 2.75) is 161 Å². The van der Waals surface area contributed by atoms with E-state index in [0.717, 1.165) is 45.1 Å². The first-order valence-corrected chi connectivity index (χ1v) is 13.5. The minimum Gasteiger partial charge on any atom is -0.412 e. The Morgan fingerprint density at radius 2 is 1.53 bits per heavy atom. The van der Waals surface area contributed by atoms with Gasteiger partial charge in [0.1, 0.15) is 5.60 Å². The van der Waals surface area contributed by atoms with Gasteiger partial charge in [0.2, 0.25) is 5.79 Å². The second-order valence-corrected chi connectivity index (χ2v) is 10.3. The molecule has 0 aliphatic heterocycles. The molecule has 5 heteroatoms. The van der Waals surface area contributed by atoms with Crippen LogP contribution in [0.4, 0.5) is 0 Å². The minimum atomic E-state index is -0.752. The molecule has 0 aromatic carbocycles. The molecule has 2 aliphatic rings. The first kappa shape index (κ1) is 29.8. The number of unbranched alkanes of at least 4 members (excludes halogenated alkanes) is 3. The molecule has 0 amide bonds. The summed E-state index contributed by atoms with van der Waals surface area (Å²) < 4.78 is 27.4. The van der Waals surface area contributed by atoms with Crippen LogP contribution < -0.4 is 0 Å². The largest absolute Gasteiger partial charge is 0.412 e. The summed E-state index contributed by atoms with van der Waals surface area (Å²) in [6, 6.07) is 0. The van der Waals surface area contributed by atoms with E-state index in [-0.39, 0.29) is 11.6 Å². The summed E-state index contributed by atoms with van der Waals surface area (Å²) in [4.78, 5) is 0. The summed E-state index contributed by atoms with van der Waals surface area (Å²) in [5.74, 6) is -0.752. The van der Waals surface area contributed by atoms with Gasteiger partial charge in [0.15, 0.2) is 0 Å². The van der Waals surface area contributed by atoms with Gasteiger partial charge in [0, 0.05) is 19.6 Å². The predicted molar refractivity (Wildman–Crippen MR) is 132 cm³/mol. The zero-order valence-corrected chi connectivity index (χ0v) is 22.1. The molecular formula is C27H54O5. The van der Waals surface area contributed by atoms with Crippen molar-refractivity contribution in [1.82, 2.24) is 0 Å². The monoisotopic (exact) mass is 458 g/mol. The van der Waals surface area contributed by atoms with Crippen LogP contribution in [0.5, 0.6) is 0 Å². The highest BCUT2D eigenvalue weighted by atomic mass is 16.7. The number of rotatable bonds is 14. The molecule has 5 nitrogen and oxygen atoms in total. The van der Waals surface area contributed by atoms with E-state index in [1.807, 2.05) is 0 Å². The fourth-order valence-corrected chi connectivity index (χ4v) is 5.98. The highest BCUT2D eigenvalue weighted by Crippen LogP contribution is 2.54. The highest BCUT2D eigenvalue weighted by molar-refractivity contribution is 5.13. The second kappa shape index (κ2) is 14.3.